The lowest BCUT2D eigenvalue weighted by atomic mass is 10.1. The number of hydrogen-bond acceptors (Lipinski definition) is 8. The Labute approximate surface area is 318 Å². The second-order valence-electron chi connectivity index (χ2n) is 13.7. The van der Waals surface area contributed by atoms with Crippen LogP contribution >= 0.6 is 15.9 Å². The van der Waals surface area contributed by atoms with Gasteiger partial charge in [-0.05, 0) is 66.0 Å². The molecule has 1 aliphatic rings. The summed E-state index contributed by atoms with van der Waals surface area (Å²) in [5.41, 5.74) is 2.68. The van der Waals surface area contributed by atoms with E-state index >= 15 is 0 Å². The van der Waals surface area contributed by atoms with Crippen molar-refractivity contribution < 1.29 is 41.7 Å². The van der Waals surface area contributed by atoms with E-state index in [2.05, 4.69) is 15.9 Å². The number of ether oxygens (including phenoxy) is 4. The summed E-state index contributed by atoms with van der Waals surface area (Å²) in [5, 5.41) is 5.45. The predicted octanol–water partition coefficient (Wildman–Crippen LogP) is 7.94. The molecular weight excluding hydrogens is 771 g/mol. The van der Waals surface area contributed by atoms with Crippen LogP contribution in [0.5, 0.6) is 17.5 Å². The summed E-state index contributed by atoms with van der Waals surface area (Å²) in [6.45, 7) is 4.53. The minimum Gasteiger partial charge on any atom is -0.488 e. The van der Waals surface area contributed by atoms with E-state index in [0.29, 0.717) is 44.0 Å². The molecule has 0 unspecified atom stereocenters. The Hall–Kier alpha value is -5.31. The number of fused-ring (bicyclic) bond motifs is 1. The summed E-state index contributed by atoms with van der Waals surface area (Å²) < 4.78 is 67.2. The first-order valence-corrected chi connectivity index (χ1v) is 18.0. The molecule has 54 heavy (non-hydrogen) atoms. The number of pyridine rings is 1. The minimum absolute atomic E-state index is 0.129. The molecule has 0 aliphatic carbocycles. The molecule has 2 aromatic heterocycles. The minimum atomic E-state index is -5.11. The normalized spacial score (nSPS) is 14.9. The molecule has 1 atom stereocenters. The van der Waals surface area contributed by atoms with Crippen LogP contribution in [-0.2, 0) is 29.8 Å². The molecule has 0 saturated carbocycles. The van der Waals surface area contributed by atoms with E-state index in [-0.39, 0.29) is 44.5 Å². The van der Waals surface area contributed by atoms with Gasteiger partial charge in [0.25, 0.3) is 0 Å². The van der Waals surface area contributed by atoms with E-state index in [1.54, 1.807) is 44.6 Å². The highest BCUT2D eigenvalue weighted by Crippen LogP contribution is 2.41. The van der Waals surface area contributed by atoms with Crippen LogP contribution < -0.4 is 14.2 Å². The number of alkyl halides is 3. The van der Waals surface area contributed by atoms with Crippen molar-refractivity contribution in [2.24, 2.45) is 7.05 Å². The number of benzene rings is 3. The number of aryl methyl sites for hydroxylation is 1. The fourth-order valence-corrected chi connectivity index (χ4v) is 6.43. The van der Waals surface area contributed by atoms with Crippen LogP contribution in [0.4, 0.5) is 18.0 Å². The zero-order chi connectivity index (χ0) is 38.6. The van der Waals surface area contributed by atoms with E-state index in [0.717, 1.165) is 11.1 Å². The molecule has 1 saturated heterocycles. The van der Waals surface area contributed by atoms with Gasteiger partial charge in [0, 0.05) is 38.1 Å². The van der Waals surface area contributed by atoms with Gasteiger partial charge in [0.2, 0.25) is 11.8 Å². The largest absolute Gasteiger partial charge is 0.488 e. The highest BCUT2D eigenvalue weighted by Gasteiger charge is 2.47. The van der Waals surface area contributed by atoms with Gasteiger partial charge in [-0.3, -0.25) is 9.48 Å². The van der Waals surface area contributed by atoms with Crippen molar-refractivity contribution in [3.05, 3.63) is 101 Å². The Kier molecular flexibility index (Phi) is 11.4. The smallest absolute Gasteiger partial charge is 0.471 e. The molecular formula is C39H39BrF3N5O6. The third-order valence-corrected chi connectivity index (χ3v) is 9.13. The number of rotatable bonds is 10. The number of carbonyl (C=O) groups excluding carboxylic acids is 2. The Balaban J connectivity index is 1.31. The van der Waals surface area contributed by atoms with Crippen molar-refractivity contribution in [3.8, 4) is 28.8 Å². The lowest BCUT2D eigenvalue weighted by Gasteiger charge is -2.41. The summed E-state index contributed by atoms with van der Waals surface area (Å²) in [4.78, 5) is 32.1. The molecule has 6 rings (SSSR count). The second-order valence-corrected chi connectivity index (χ2v) is 14.5. The molecule has 1 aliphatic heterocycles. The summed E-state index contributed by atoms with van der Waals surface area (Å²) in [5.74, 6) is -1.10. The number of halogens is 4. The van der Waals surface area contributed by atoms with Gasteiger partial charge in [0.05, 0.1) is 16.1 Å². The third-order valence-electron chi connectivity index (χ3n) is 8.51. The predicted molar refractivity (Wildman–Crippen MR) is 198 cm³/mol. The Bertz CT molecular complexity index is 2110. The zero-order valence-electron chi connectivity index (χ0n) is 30.1. The monoisotopic (exact) mass is 809 g/mol. The second kappa shape index (κ2) is 16.0. The van der Waals surface area contributed by atoms with E-state index in [1.165, 1.54) is 4.90 Å². The van der Waals surface area contributed by atoms with Crippen LogP contribution in [-0.4, -0.2) is 80.6 Å². The maximum Gasteiger partial charge on any atom is 0.471 e. The first-order chi connectivity index (χ1) is 25.7. The first-order valence-electron chi connectivity index (χ1n) is 17.2. The van der Waals surface area contributed by atoms with Crippen LogP contribution in [0.25, 0.3) is 22.2 Å². The number of piperazine rings is 1. The van der Waals surface area contributed by atoms with Gasteiger partial charge in [-0.1, -0.05) is 60.7 Å². The first kappa shape index (κ1) is 38.4. The van der Waals surface area contributed by atoms with Gasteiger partial charge in [-0.2, -0.15) is 23.3 Å². The fourth-order valence-electron chi connectivity index (χ4n) is 6.00. The van der Waals surface area contributed by atoms with Gasteiger partial charge in [-0.25, -0.2) is 4.79 Å². The molecule has 15 heteroatoms. The van der Waals surface area contributed by atoms with Gasteiger partial charge >= 0.3 is 18.2 Å². The summed E-state index contributed by atoms with van der Waals surface area (Å²) in [7, 11) is 1.71. The number of carbonyl (C=O) groups is 2. The van der Waals surface area contributed by atoms with Gasteiger partial charge in [-0.15, -0.1) is 0 Å². The van der Waals surface area contributed by atoms with Crippen LogP contribution in [0.1, 0.15) is 31.9 Å². The molecule has 0 N–H and O–H groups in total. The molecule has 5 aromatic rings. The van der Waals surface area contributed by atoms with Crippen molar-refractivity contribution in [2.75, 3.05) is 26.2 Å². The lowest BCUT2D eigenvalue weighted by molar-refractivity contribution is -0.190. The molecule has 284 valence electrons. The van der Waals surface area contributed by atoms with Crippen molar-refractivity contribution in [1.82, 2.24) is 24.6 Å². The third kappa shape index (κ3) is 9.07. The Morgan fingerprint density at radius 1 is 0.852 bits per heavy atom. The van der Waals surface area contributed by atoms with E-state index < -0.39 is 29.8 Å². The van der Waals surface area contributed by atoms with Crippen molar-refractivity contribution in [3.63, 3.8) is 0 Å². The highest BCUT2D eigenvalue weighted by molar-refractivity contribution is 9.10. The summed E-state index contributed by atoms with van der Waals surface area (Å²) >= 11 is 3.53. The molecule has 0 radical (unpaired) electrons. The SMILES string of the molecule is Cn1nc(-c2ccc(OCc3ccccc3)nc2OCc2ccccc2)c2ccc(Br)c(OC[C@@H]3CN(C(=O)OC(C)(C)C)CCN3C(=O)C(F)(F)F)c21. The number of nitrogens with zero attached hydrogens (tertiary/aromatic N) is 5. The van der Waals surface area contributed by atoms with Gasteiger partial charge in [0.15, 0.2) is 5.75 Å². The van der Waals surface area contributed by atoms with Crippen LogP contribution in [0, 0.1) is 0 Å². The number of hydrogen-bond donors (Lipinski definition) is 0. The molecule has 0 bridgehead atoms. The quantitative estimate of drug-likeness (QED) is 0.140. The summed E-state index contributed by atoms with van der Waals surface area (Å²) in [6.07, 6.45) is -5.80. The molecule has 3 aromatic carbocycles. The fraction of sp³-hybridized carbons (Fsp3) is 0.333. The van der Waals surface area contributed by atoms with Crippen LogP contribution in [0.15, 0.2) is 89.4 Å². The van der Waals surface area contributed by atoms with E-state index in [1.807, 2.05) is 72.8 Å². The van der Waals surface area contributed by atoms with Gasteiger partial charge in [0.1, 0.15) is 36.6 Å². The van der Waals surface area contributed by atoms with E-state index in [4.69, 9.17) is 29.0 Å². The Morgan fingerprint density at radius 3 is 2.13 bits per heavy atom. The molecule has 1 fully saturated rings. The standard InChI is InChI=1S/C39H39BrF3N5O6/c1-38(2,3)54-37(50)47-19-20-48(36(49)39(41,42)43)27(21-47)24-52-34-30(40)17-15-28-32(45-46(4)33(28)34)29-16-18-31(51-22-25-11-7-5-8-12-25)44-35(29)53-23-26-13-9-6-10-14-26/h5-18,27H,19-24H2,1-4H3/t27-/m0/s1. The number of amides is 2. The zero-order valence-corrected chi connectivity index (χ0v) is 31.7. The molecule has 3 heterocycles. The van der Waals surface area contributed by atoms with Crippen molar-refractivity contribution in [1.29, 1.82) is 0 Å². The van der Waals surface area contributed by atoms with Crippen molar-refractivity contribution in [2.45, 2.75) is 51.8 Å². The topological polar surface area (TPSA) is 108 Å². The van der Waals surface area contributed by atoms with Crippen LogP contribution in [0.2, 0.25) is 0 Å². The highest BCUT2D eigenvalue weighted by atomic mass is 79.9. The van der Waals surface area contributed by atoms with E-state index in [9.17, 15) is 22.8 Å². The maximum absolute atomic E-state index is 13.7. The molecule has 11 nitrogen and oxygen atoms in total. The number of aromatic nitrogens is 3. The lowest BCUT2D eigenvalue weighted by Crippen LogP contribution is -2.61. The van der Waals surface area contributed by atoms with Crippen molar-refractivity contribution >= 4 is 38.8 Å². The summed E-state index contributed by atoms with van der Waals surface area (Å²) in [6, 6.07) is 25.3. The van der Waals surface area contributed by atoms with Crippen LogP contribution in [0.3, 0.4) is 0 Å². The maximum atomic E-state index is 13.7. The Morgan fingerprint density at radius 2 is 1.50 bits per heavy atom. The average molecular weight is 811 g/mol. The van der Waals surface area contributed by atoms with Gasteiger partial charge < -0.3 is 28.7 Å². The molecule has 0 spiro atoms. The average Bonchev–Trinajstić information content (AvgIpc) is 3.47. The molecule has 2 amide bonds.